The normalized spacial score (nSPS) is 29.8. The maximum atomic E-state index is 9.92. The van der Waals surface area contributed by atoms with E-state index in [0.717, 1.165) is 12.8 Å². The molecule has 3 N–H and O–H groups in total. The number of rotatable bonds is 4. The standard InChI is InChI=1S/C8H16N2O2/c9-4-7-2-1-3-8(10-7)5-12-6-11/h6-8,10H,1-5,9H2. The number of nitrogens with two attached hydrogens (primary N) is 1. The molecule has 1 aliphatic rings. The fourth-order valence-electron chi connectivity index (χ4n) is 1.58. The van der Waals surface area contributed by atoms with Crippen molar-refractivity contribution in [2.45, 2.75) is 31.3 Å². The van der Waals surface area contributed by atoms with Gasteiger partial charge < -0.3 is 15.8 Å². The highest BCUT2D eigenvalue weighted by molar-refractivity contribution is 5.36. The van der Waals surface area contributed by atoms with E-state index >= 15 is 0 Å². The molecule has 4 heteroatoms. The molecule has 1 aliphatic heterocycles. The fraction of sp³-hybridized carbons (Fsp3) is 0.875. The van der Waals surface area contributed by atoms with Gasteiger partial charge in [-0.1, -0.05) is 6.42 Å². The predicted octanol–water partition coefficient (Wildman–Crippen LogP) is -0.371. The molecule has 1 heterocycles. The minimum atomic E-state index is 0.303. The van der Waals surface area contributed by atoms with Crippen molar-refractivity contribution in [2.75, 3.05) is 13.2 Å². The average molecular weight is 172 g/mol. The van der Waals surface area contributed by atoms with Gasteiger partial charge in [-0.3, -0.25) is 4.79 Å². The molecule has 1 fully saturated rings. The second kappa shape index (κ2) is 5.11. The SMILES string of the molecule is NCC1CCCC(COC=O)N1. The predicted molar refractivity (Wildman–Crippen MR) is 45.6 cm³/mol. The Morgan fingerprint density at radius 3 is 2.92 bits per heavy atom. The second-order valence-corrected chi connectivity index (χ2v) is 3.16. The highest BCUT2D eigenvalue weighted by atomic mass is 16.5. The lowest BCUT2D eigenvalue weighted by Crippen LogP contribution is -2.48. The van der Waals surface area contributed by atoms with E-state index in [0.29, 0.717) is 31.7 Å². The maximum Gasteiger partial charge on any atom is 0.293 e. The zero-order valence-corrected chi connectivity index (χ0v) is 7.16. The molecular weight excluding hydrogens is 156 g/mol. The number of carbonyl (C=O) groups excluding carboxylic acids is 1. The quantitative estimate of drug-likeness (QED) is 0.568. The van der Waals surface area contributed by atoms with Gasteiger partial charge in [0.2, 0.25) is 0 Å². The van der Waals surface area contributed by atoms with Crippen molar-refractivity contribution >= 4 is 6.47 Å². The van der Waals surface area contributed by atoms with Crippen molar-refractivity contribution in [3.63, 3.8) is 0 Å². The Morgan fingerprint density at radius 1 is 1.50 bits per heavy atom. The Labute approximate surface area is 72.5 Å². The molecule has 12 heavy (non-hydrogen) atoms. The molecule has 0 saturated carbocycles. The molecule has 70 valence electrons. The number of piperidine rings is 1. The average Bonchev–Trinajstić information content (AvgIpc) is 2.15. The van der Waals surface area contributed by atoms with Gasteiger partial charge in [-0.25, -0.2) is 0 Å². The van der Waals surface area contributed by atoms with E-state index in [1.54, 1.807) is 0 Å². The number of nitrogens with one attached hydrogen (secondary N) is 1. The van der Waals surface area contributed by atoms with Gasteiger partial charge in [0.05, 0.1) is 0 Å². The Balaban J connectivity index is 2.20. The molecule has 0 spiro atoms. The van der Waals surface area contributed by atoms with Gasteiger partial charge in [0.25, 0.3) is 6.47 Å². The molecule has 0 aromatic rings. The third kappa shape index (κ3) is 2.79. The highest BCUT2D eigenvalue weighted by Gasteiger charge is 2.19. The molecule has 2 atom stereocenters. The summed E-state index contributed by atoms with van der Waals surface area (Å²) in [6.45, 7) is 1.63. The van der Waals surface area contributed by atoms with Crippen LogP contribution in [0.5, 0.6) is 0 Å². The molecule has 0 radical (unpaired) electrons. The minimum Gasteiger partial charge on any atom is -0.466 e. The third-order valence-corrected chi connectivity index (χ3v) is 2.23. The van der Waals surface area contributed by atoms with E-state index < -0.39 is 0 Å². The van der Waals surface area contributed by atoms with Gasteiger partial charge in [-0.05, 0) is 12.8 Å². The van der Waals surface area contributed by atoms with Crippen molar-refractivity contribution in [3.8, 4) is 0 Å². The van der Waals surface area contributed by atoms with Gasteiger partial charge in [0.1, 0.15) is 6.61 Å². The first kappa shape index (κ1) is 9.48. The summed E-state index contributed by atoms with van der Waals surface area (Å²) in [7, 11) is 0. The van der Waals surface area contributed by atoms with Crippen LogP contribution < -0.4 is 11.1 Å². The molecule has 0 aromatic heterocycles. The van der Waals surface area contributed by atoms with Crippen LogP contribution in [-0.2, 0) is 9.53 Å². The smallest absolute Gasteiger partial charge is 0.293 e. The monoisotopic (exact) mass is 172 g/mol. The van der Waals surface area contributed by atoms with Crippen LogP contribution in [0.2, 0.25) is 0 Å². The van der Waals surface area contributed by atoms with Crippen LogP contribution in [0.25, 0.3) is 0 Å². The van der Waals surface area contributed by atoms with Crippen molar-refractivity contribution in [1.82, 2.24) is 5.32 Å². The molecule has 4 nitrogen and oxygen atoms in total. The van der Waals surface area contributed by atoms with E-state index in [4.69, 9.17) is 5.73 Å². The summed E-state index contributed by atoms with van der Waals surface area (Å²) < 4.78 is 4.68. The third-order valence-electron chi connectivity index (χ3n) is 2.23. The van der Waals surface area contributed by atoms with E-state index in [9.17, 15) is 4.79 Å². The first-order valence-electron chi connectivity index (χ1n) is 4.38. The van der Waals surface area contributed by atoms with E-state index in [-0.39, 0.29) is 0 Å². The molecule has 0 aliphatic carbocycles. The topological polar surface area (TPSA) is 64.3 Å². The van der Waals surface area contributed by atoms with Gasteiger partial charge in [-0.15, -0.1) is 0 Å². The zero-order valence-electron chi connectivity index (χ0n) is 7.16. The molecule has 1 rings (SSSR count). The van der Waals surface area contributed by atoms with Gasteiger partial charge >= 0.3 is 0 Å². The lowest BCUT2D eigenvalue weighted by Gasteiger charge is -2.29. The summed E-state index contributed by atoms with van der Waals surface area (Å²) in [5.74, 6) is 0. The van der Waals surface area contributed by atoms with E-state index in [1.165, 1.54) is 6.42 Å². The molecule has 0 aromatic carbocycles. The molecular formula is C8H16N2O2. The summed E-state index contributed by atoms with van der Waals surface area (Å²) in [6.07, 6.45) is 3.38. The first-order chi connectivity index (χ1) is 5.86. The van der Waals surface area contributed by atoms with E-state index in [2.05, 4.69) is 10.1 Å². The number of ether oxygens (including phenoxy) is 1. The lowest BCUT2D eigenvalue weighted by atomic mass is 9.99. The van der Waals surface area contributed by atoms with Crippen molar-refractivity contribution < 1.29 is 9.53 Å². The Morgan fingerprint density at radius 2 is 2.25 bits per heavy atom. The van der Waals surface area contributed by atoms with Crippen molar-refractivity contribution in [2.24, 2.45) is 5.73 Å². The summed E-state index contributed by atoms with van der Waals surface area (Å²) in [5, 5.41) is 3.33. The van der Waals surface area contributed by atoms with E-state index in [1.807, 2.05) is 0 Å². The maximum absolute atomic E-state index is 9.92. The zero-order chi connectivity index (χ0) is 8.81. The fourth-order valence-corrected chi connectivity index (χ4v) is 1.58. The van der Waals surface area contributed by atoms with Crippen LogP contribution in [0.1, 0.15) is 19.3 Å². The molecule has 0 bridgehead atoms. The van der Waals surface area contributed by atoms with Crippen LogP contribution in [0, 0.1) is 0 Å². The van der Waals surface area contributed by atoms with Crippen LogP contribution >= 0.6 is 0 Å². The Bertz CT molecular complexity index is 141. The van der Waals surface area contributed by atoms with Crippen LogP contribution in [0.15, 0.2) is 0 Å². The lowest BCUT2D eigenvalue weighted by molar-refractivity contribution is -0.129. The Kier molecular flexibility index (Phi) is 4.04. The molecule has 2 unspecified atom stereocenters. The van der Waals surface area contributed by atoms with Gasteiger partial charge in [0.15, 0.2) is 0 Å². The highest BCUT2D eigenvalue weighted by Crippen LogP contribution is 2.11. The van der Waals surface area contributed by atoms with Gasteiger partial charge in [-0.2, -0.15) is 0 Å². The van der Waals surface area contributed by atoms with Crippen LogP contribution in [0.4, 0.5) is 0 Å². The van der Waals surface area contributed by atoms with Crippen molar-refractivity contribution in [1.29, 1.82) is 0 Å². The largest absolute Gasteiger partial charge is 0.466 e. The van der Waals surface area contributed by atoms with Crippen LogP contribution in [0.3, 0.4) is 0 Å². The summed E-state index contributed by atoms with van der Waals surface area (Å²) >= 11 is 0. The number of carbonyl (C=O) groups is 1. The van der Waals surface area contributed by atoms with Gasteiger partial charge in [0, 0.05) is 18.6 Å². The summed E-state index contributed by atoms with van der Waals surface area (Å²) in [6, 6.07) is 0.705. The summed E-state index contributed by atoms with van der Waals surface area (Å²) in [4.78, 5) is 9.92. The number of hydrogen-bond acceptors (Lipinski definition) is 4. The minimum absolute atomic E-state index is 0.303. The molecule has 0 amide bonds. The second-order valence-electron chi connectivity index (χ2n) is 3.16. The summed E-state index contributed by atoms with van der Waals surface area (Å²) in [5.41, 5.74) is 5.52. The first-order valence-corrected chi connectivity index (χ1v) is 4.38. The Hall–Kier alpha value is -0.610. The van der Waals surface area contributed by atoms with Crippen molar-refractivity contribution in [3.05, 3.63) is 0 Å². The van der Waals surface area contributed by atoms with Crippen LogP contribution in [-0.4, -0.2) is 31.7 Å². The molecule has 1 saturated heterocycles. The number of hydrogen-bond donors (Lipinski definition) is 2.